The van der Waals surface area contributed by atoms with Crippen LogP contribution in [-0.2, 0) is 0 Å². The van der Waals surface area contributed by atoms with Crippen LogP contribution >= 0.6 is 23.2 Å². The summed E-state index contributed by atoms with van der Waals surface area (Å²) < 4.78 is 0. The zero-order valence-corrected chi connectivity index (χ0v) is 11.5. The van der Waals surface area contributed by atoms with E-state index in [2.05, 4.69) is 33.7 Å². The van der Waals surface area contributed by atoms with E-state index in [0.717, 1.165) is 31.9 Å². The van der Waals surface area contributed by atoms with Crippen LogP contribution in [0, 0.1) is 0 Å². The van der Waals surface area contributed by atoms with Gasteiger partial charge >= 0.3 is 0 Å². The average Bonchev–Trinajstić information content (AvgIpc) is 2.33. The van der Waals surface area contributed by atoms with Crippen LogP contribution < -0.4 is 4.90 Å². The van der Waals surface area contributed by atoms with E-state index in [1.54, 1.807) is 6.20 Å². The minimum atomic E-state index is 0.247. The molecule has 0 N–H and O–H groups in total. The number of likely N-dealkylation sites (N-methyl/N-ethyl adjacent to an activating group) is 1. The number of anilines is 1. The molecule has 1 aliphatic heterocycles. The van der Waals surface area contributed by atoms with E-state index in [1.807, 2.05) is 0 Å². The molecule has 2 heterocycles. The molecule has 0 radical (unpaired) electrons. The number of hydrogen-bond donors (Lipinski definition) is 0. The summed E-state index contributed by atoms with van der Waals surface area (Å²) in [6, 6.07) is 0.536. The smallest absolute Gasteiger partial charge is 0.224 e. The third-order valence-corrected chi connectivity index (χ3v) is 3.69. The Morgan fingerprint density at radius 3 is 2.88 bits per heavy atom. The molecule has 0 amide bonds. The van der Waals surface area contributed by atoms with Gasteiger partial charge < -0.3 is 4.90 Å². The van der Waals surface area contributed by atoms with Crippen molar-refractivity contribution in [2.75, 3.05) is 31.6 Å². The molecular weight excluding hydrogens is 259 g/mol. The standard InChI is InChI=1S/C11H16Cl2N4/c1-3-8-7-17(5-4-16(8)2)10-9(12)6-14-11(13)15-10/h6,8H,3-5,7H2,1-2H3. The van der Waals surface area contributed by atoms with E-state index in [4.69, 9.17) is 23.2 Å². The van der Waals surface area contributed by atoms with Gasteiger partial charge in [0.25, 0.3) is 0 Å². The Morgan fingerprint density at radius 1 is 1.41 bits per heavy atom. The van der Waals surface area contributed by atoms with Gasteiger partial charge in [-0.2, -0.15) is 4.98 Å². The van der Waals surface area contributed by atoms with E-state index in [-0.39, 0.29) is 5.28 Å². The molecule has 6 heteroatoms. The number of halogens is 2. The second-order valence-electron chi connectivity index (χ2n) is 4.30. The van der Waals surface area contributed by atoms with Gasteiger partial charge in [0.2, 0.25) is 5.28 Å². The second-order valence-corrected chi connectivity index (χ2v) is 5.04. The molecule has 0 aliphatic carbocycles. The van der Waals surface area contributed by atoms with Crippen LogP contribution in [0.5, 0.6) is 0 Å². The van der Waals surface area contributed by atoms with E-state index in [1.165, 1.54) is 0 Å². The lowest BCUT2D eigenvalue weighted by atomic mass is 10.1. The quantitative estimate of drug-likeness (QED) is 0.775. The third-order valence-electron chi connectivity index (χ3n) is 3.24. The first-order valence-electron chi connectivity index (χ1n) is 5.75. The fourth-order valence-corrected chi connectivity index (χ4v) is 2.48. The molecule has 0 aromatic carbocycles. The molecule has 0 bridgehead atoms. The summed E-state index contributed by atoms with van der Waals surface area (Å²) in [4.78, 5) is 12.6. The van der Waals surface area contributed by atoms with Crippen molar-refractivity contribution in [2.24, 2.45) is 0 Å². The van der Waals surface area contributed by atoms with Crippen molar-refractivity contribution in [1.29, 1.82) is 0 Å². The molecule has 1 fully saturated rings. The Balaban J connectivity index is 2.20. The molecule has 1 unspecified atom stereocenters. The lowest BCUT2D eigenvalue weighted by Crippen LogP contribution is -2.51. The molecule has 0 saturated carbocycles. The van der Waals surface area contributed by atoms with Crippen molar-refractivity contribution in [3.63, 3.8) is 0 Å². The number of nitrogens with zero attached hydrogens (tertiary/aromatic N) is 4. The van der Waals surface area contributed by atoms with Gasteiger partial charge in [-0.1, -0.05) is 18.5 Å². The highest BCUT2D eigenvalue weighted by atomic mass is 35.5. The summed E-state index contributed by atoms with van der Waals surface area (Å²) in [6.45, 7) is 5.05. The molecule has 0 spiro atoms. The Bertz CT molecular complexity index is 399. The molecule has 1 saturated heterocycles. The van der Waals surface area contributed by atoms with Gasteiger partial charge in [0, 0.05) is 25.7 Å². The van der Waals surface area contributed by atoms with Crippen LogP contribution in [0.3, 0.4) is 0 Å². The highest BCUT2D eigenvalue weighted by Gasteiger charge is 2.25. The van der Waals surface area contributed by atoms with Crippen LogP contribution in [0.4, 0.5) is 5.82 Å². The van der Waals surface area contributed by atoms with E-state index in [0.29, 0.717) is 11.1 Å². The summed E-state index contributed by atoms with van der Waals surface area (Å²) >= 11 is 11.9. The fraction of sp³-hybridized carbons (Fsp3) is 0.636. The zero-order valence-electron chi connectivity index (χ0n) is 10.0. The molecule has 94 valence electrons. The highest BCUT2D eigenvalue weighted by Crippen LogP contribution is 2.26. The maximum atomic E-state index is 6.12. The minimum absolute atomic E-state index is 0.247. The summed E-state index contributed by atoms with van der Waals surface area (Å²) in [5.74, 6) is 0.748. The van der Waals surface area contributed by atoms with E-state index < -0.39 is 0 Å². The first-order valence-corrected chi connectivity index (χ1v) is 6.50. The summed E-state index contributed by atoms with van der Waals surface area (Å²) in [5, 5.41) is 0.810. The lowest BCUT2D eigenvalue weighted by Gasteiger charge is -2.39. The normalized spacial score (nSPS) is 21.9. The Labute approximate surface area is 112 Å². The maximum absolute atomic E-state index is 6.12. The number of rotatable bonds is 2. The number of aromatic nitrogens is 2. The highest BCUT2D eigenvalue weighted by molar-refractivity contribution is 6.33. The molecule has 1 aliphatic rings. The van der Waals surface area contributed by atoms with Crippen LogP contribution in [0.1, 0.15) is 13.3 Å². The first kappa shape index (κ1) is 12.9. The largest absolute Gasteiger partial charge is 0.352 e. The SMILES string of the molecule is CCC1CN(c2nc(Cl)ncc2Cl)CCN1C. The van der Waals surface area contributed by atoms with Crippen LogP contribution in [0.2, 0.25) is 10.3 Å². The van der Waals surface area contributed by atoms with Crippen molar-refractivity contribution >= 4 is 29.0 Å². The van der Waals surface area contributed by atoms with Crippen molar-refractivity contribution in [3.05, 3.63) is 16.5 Å². The van der Waals surface area contributed by atoms with Gasteiger partial charge in [0.05, 0.1) is 6.20 Å². The molecule has 1 atom stereocenters. The van der Waals surface area contributed by atoms with Crippen LogP contribution in [0.25, 0.3) is 0 Å². The molecule has 1 aromatic rings. The average molecular weight is 275 g/mol. The lowest BCUT2D eigenvalue weighted by molar-refractivity contribution is 0.213. The van der Waals surface area contributed by atoms with Gasteiger partial charge in [-0.25, -0.2) is 4.98 Å². The topological polar surface area (TPSA) is 32.3 Å². The van der Waals surface area contributed by atoms with Crippen molar-refractivity contribution in [3.8, 4) is 0 Å². The maximum Gasteiger partial charge on any atom is 0.224 e. The predicted molar refractivity (Wildman–Crippen MR) is 71.0 cm³/mol. The van der Waals surface area contributed by atoms with E-state index in [9.17, 15) is 0 Å². The molecular formula is C11H16Cl2N4. The minimum Gasteiger partial charge on any atom is -0.352 e. The molecule has 1 aromatic heterocycles. The van der Waals surface area contributed by atoms with Gasteiger partial charge in [0.1, 0.15) is 5.02 Å². The monoisotopic (exact) mass is 274 g/mol. The summed E-state index contributed by atoms with van der Waals surface area (Å²) in [6.07, 6.45) is 2.68. The first-order chi connectivity index (χ1) is 8.11. The molecule has 4 nitrogen and oxygen atoms in total. The number of hydrogen-bond acceptors (Lipinski definition) is 4. The van der Waals surface area contributed by atoms with Crippen LogP contribution in [-0.4, -0.2) is 47.6 Å². The van der Waals surface area contributed by atoms with Crippen molar-refractivity contribution < 1.29 is 0 Å². The van der Waals surface area contributed by atoms with Crippen molar-refractivity contribution in [1.82, 2.24) is 14.9 Å². The summed E-state index contributed by atoms with van der Waals surface area (Å²) in [5.41, 5.74) is 0. The van der Waals surface area contributed by atoms with Crippen LogP contribution in [0.15, 0.2) is 6.20 Å². The van der Waals surface area contributed by atoms with Gasteiger partial charge in [0.15, 0.2) is 5.82 Å². The second kappa shape index (κ2) is 5.38. The fourth-order valence-electron chi connectivity index (χ4n) is 2.14. The van der Waals surface area contributed by atoms with Gasteiger partial charge in [-0.15, -0.1) is 0 Å². The number of piperazine rings is 1. The Morgan fingerprint density at radius 2 is 2.18 bits per heavy atom. The van der Waals surface area contributed by atoms with Crippen molar-refractivity contribution in [2.45, 2.75) is 19.4 Å². The van der Waals surface area contributed by atoms with Gasteiger partial charge in [-0.3, -0.25) is 4.90 Å². The predicted octanol–water partition coefficient (Wildman–Crippen LogP) is 2.31. The Kier molecular flexibility index (Phi) is 4.07. The zero-order chi connectivity index (χ0) is 12.4. The third kappa shape index (κ3) is 2.81. The summed E-state index contributed by atoms with van der Waals surface area (Å²) in [7, 11) is 2.15. The van der Waals surface area contributed by atoms with Gasteiger partial charge in [-0.05, 0) is 25.1 Å². The van der Waals surface area contributed by atoms with E-state index >= 15 is 0 Å². The molecule has 17 heavy (non-hydrogen) atoms. The Hall–Kier alpha value is -0.580. The molecule has 2 rings (SSSR count).